The Kier molecular flexibility index (Phi) is 11.0. The number of halogens is 3. The number of piperidine rings is 1. The third-order valence-corrected chi connectivity index (χ3v) is 11.9. The average molecular weight is 884 g/mol. The molecule has 0 spiro atoms. The summed E-state index contributed by atoms with van der Waals surface area (Å²) >= 11 is 0. The van der Waals surface area contributed by atoms with Crippen LogP contribution in [0.4, 0.5) is 30.4 Å². The van der Waals surface area contributed by atoms with E-state index in [4.69, 9.17) is 10.5 Å². The summed E-state index contributed by atoms with van der Waals surface area (Å²) in [5, 5.41) is 13.2. The first kappa shape index (κ1) is 42.2. The first-order chi connectivity index (χ1) is 30.0. The summed E-state index contributed by atoms with van der Waals surface area (Å²) in [5.41, 5.74) is 8.50. The monoisotopic (exact) mass is 883 g/mol. The largest absolute Gasteiger partial charge is 0.484 e. The van der Waals surface area contributed by atoms with Gasteiger partial charge in [-0.3, -0.25) is 43.6 Å². The van der Waals surface area contributed by atoms with Crippen LogP contribution in [0.3, 0.4) is 0 Å². The van der Waals surface area contributed by atoms with E-state index in [0.717, 1.165) is 4.90 Å². The van der Waals surface area contributed by atoms with Crippen molar-refractivity contribution in [1.82, 2.24) is 30.3 Å². The van der Waals surface area contributed by atoms with Gasteiger partial charge in [0.05, 0.1) is 33.3 Å². The summed E-state index contributed by atoms with van der Waals surface area (Å²) in [6.07, 6.45) is 1.54. The Balaban J connectivity index is 0.969. The lowest BCUT2D eigenvalue weighted by Crippen LogP contribution is -2.54. The molecule has 17 nitrogen and oxygen atoms in total. The van der Waals surface area contributed by atoms with E-state index in [2.05, 4.69) is 37.9 Å². The van der Waals surface area contributed by atoms with Gasteiger partial charge in [-0.2, -0.15) is 13.9 Å². The van der Waals surface area contributed by atoms with Crippen LogP contribution in [0, 0.1) is 17.7 Å². The molecule has 2 aromatic heterocycles. The van der Waals surface area contributed by atoms with Crippen LogP contribution in [-0.4, -0.2) is 81.5 Å². The lowest BCUT2D eigenvalue weighted by molar-refractivity contribution is -0.136. The van der Waals surface area contributed by atoms with Crippen LogP contribution in [0.5, 0.6) is 5.75 Å². The number of aryl methyl sites for hydroxylation is 1. The van der Waals surface area contributed by atoms with Crippen molar-refractivity contribution in [2.75, 3.05) is 15.8 Å². The van der Waals surface area contributed by atoms with Crippen LogP contribution in [0.15, 0.2) is 66.9 Å². The maximum Gasteiger partial charge on any atom is 0.355 e. The van der Waals surface area contributed by atoms with E-state index < -0.39 is 63.3 Å². The molecular formula is C42H36F3N9O8S. The molecule has 5 amide bonds. The van der Waals surface area contributed by atoms with Gasteiger partial charge in [0.1, 0.15) is 35.2 Å². The smallest absolute Gasteiger partial charge is 0.355 e. The number of carbonyl (C=O) groups excluding carboxylic acids is 5. The molecule has 63 heavy (non-hydrogen) atoms. The number of carbonyl (C=O) groups is 5. The van der Waals surface area contributed by atoms with Crippen molar-refractivity contribution < 1.29 is 50.3 Å². The number of anilines is 3. The van der Waals surface area contributed by atoms with Crippen LogP contribution >= 0.6 is 0 Å². The zero-order valence-electron chi connectivity index (χ0n) is 33.2. The maximum absolute atomic E-state index is 13.6. The van der Waals surface area contributed by atoms with Crippen LogP contribution in [0.1, 0.15) is 70.6 Å². The second kappa shape index (κ2) is 16.4. The number of amides is 5. The van der Waals surface area contributed by atoms with E-state index in [9.17, 15) is 45.6 Å². The molecule has 3 aliphatic rings. The van der Waals surface area contributed by atoms with Crippen molar-refractivity contribution in [3.05, 3.63) is 94.9 Å². The zero-order valence-corrected chi connectivity index (χ0v) is 34.1. The summed E-state index contributed by atoms with van der Waals surface area (Å²) in [6.45, 7) is 1.61. The van der Waals surface area contributed by atoms with E-state index >= 15 is 0 Å². The second-order valence-electron chi connectivity index (χ2n) is 15.1. The van der Waals surface area contributed by atoms with Gasteiger partial charge in [-0.15, -0.1) is 0 Å². The van der Waals surface area contributed by atoms with Gasteiger partial charge < -0.3 is 21.1 Å². The molecule has 2 atom stereocenters. The van der Waals surface area contributed by atoms with Gasteiger partial charge in [0.25, 0.3) is 27.7 Å². The van der Waals surface area contributed by atoms with Crippen molar-refractivity contribution in [1.29, 1.82) is 0 Å². The van der Waals surface area contributed by atoms with Crippen molar-refractivity contribution in [3.63, 3.8) is 0 Å². The number of hydrogen-bond donors (Lipinski definition) is 5. The van der Waals surface area contributed by atoms with Crippen LogP contribution in [0.2, 0.25) is 0 Å². The van der Waals surface area contributed by atoms with Crippen molar-refractivity contribution in [3.8, 4) is 28.8 Å². The number of aromatic nitrogens is 3. The lowest BCUT2D eigenvalue weighted by atomic mass is 9.86. The van der Waals surface area contributed by atoms with Crippen molar-refractivity contribution >= 4 is 67.7 Å². The number of nitrogens with zero attached hydrogens (tertiary/aromatic N) is 4. The predicted octanol–water partition coefficient (Wildman–Crippen LogP) is 3.97. The Morgan fingerprint density at radius 2 is 1.76 bits per heavy atom. The number of pyridine rings is 1. The highest BCUT2D eigenvalue weighted by molar-refractivity contribution is 7.93. The summed E-state index contributed by atoms with van der Waals surface area (Å²) in [4.78, 5) is 69.0. The Morgan fingerprint density at radius 1 is 1.02 bits per heavy atom. The molecule has 3 aromatic carbocycles. The molecule has 324 valence electrons. The Morgan fingerprint density at radius 3 is 2.48 bits per heavy atom. The lowest BCUT2D eigenvalue weighted by Gasteiger charge is -2.36. The molecule has 2 aliphatic heterocycles. The van der Waals surface area contributed by atoms with Crippen LogP contribution in [-0.2, 0) is 31.5 Å². The van der Waals surface area contributed by atoms with Crippen LogP contribution in [0.25, 0.3) is 22.2 Å². The molecule has 1 saturated carbocycles. The number of imide groups is 2. The van der Waals surface area contributed by atoms with E-state index in [-0.39, 0.29) is 64.6 Å². The maximum atomic E-state index is 13.6. The first-order valence-corrected chi connectivity index (χ1v) is 20.9. The summed E-state index contributed by atoms with van der Waals surface area (Å²) in [6, 6.07) is 12.6. The van der Waals surface area contributed by atoms with Gasteiger partial charge in [-0.05, 0) is 68.1 Å². The quantitative estimate of drug-likeness (QED) is 0.0937. The number of ether oxygens (including phenoxy) is 1. The molecule has 0 bridgehead atoms. The normalized spacial score (nSPS) is 18.9. The molecule has 5 aromatic rings. The van der Waals surface area contributed by atoms with Crippen molar-refractivity contribution in [2.45, 2.75) is 62.6 Å². The molecule has 2 fully saturated rings. The number of alkyl halides is 2. The van der Waals surface area contributed by atoms with Gasteiger partial charge in [0.2, 0.25) is 11.8 Å². The highest BCUT2D eigenvalue weighted by Crippen LogP contribution is 2.39. The summed E-state index contributed by atoms with van der Waals surface area (Å²) in [5.74, 6) is -1.96. The van der Waals surface area contributed by atoms with Gasteiger partial charge >= 0.3 is 5.76 Å². The molecule has 4 heterocycles. The standard InChI is InChI=1S/C42H36F3N9O8S/c1-20(21-6-10-24(43)11-7-21)62-31-16-22(8-12-28(31)52-63(60,61)42(44)45)36-35-37(53(2)51-36)23(19-47-38(35)46)9-14-32(55)49-26-17-25(18-26)48-29-5-3-4-27-34(29)41(59)54(40(27)58)30-13-15-33(56)50-39(30)57/h3-8,10-12,16,19-20,25-26,30,42,48,52H,13,15,17-18H2,1-2H3,(H2,46,47)(H,49,55)(H,50,56,57)/t20-,25?,26?,30?/m0/s1. The molecule has 1 unspecified atom stereocenters. The van der Waals surface area contributed by atoms with Gasteiger partial charge in [-0.1, -0.05) is 30.2 Å². The van der Waals surface area contributed by atoms with Gasteiger partial charge in [0, 0.05) is 48.9 Å². The molecule has 1 aliphatic carbocycles. The number of nitrogens with two attached hydrogens (primary N) is 1. The number of benzene rings is 3. The van der Waals surface area contributed by atoms with Crippen molar-refractivity contribution in [2.24, 2.45) is 7.05 Å². The third-order valence-electron chi connectivity index (χ3n) is 10.9. The molecule has 0 radical (unpaired) electrons. The number of nitrogen functional groups attached to an aromatic ring is 1. The average Bonchev–Trinajstić information content (AvgIpc) is 3.71. The van der Waals surface area contributed by atoms with Gasteiger partial charge in [0.15, 0.2) is 0 Å². The SMILES string of the molecule is C[C@H](Oc1cc(-c2nn(C)c3c(C#CC(=O)NC4CC(Nc5cccc6c5C(=O)N(C5CCC(=O)NC5=O)C6=O)C4)cnc(N)c23)ccc1NS(=O)(=O)C(F)F)c1ccc(F)cc1. The highest BCUT2D eigenvalue weighted by atomic mass is 32.2. The second-order valence-corrected chi connectivity index (χ2v) is 16.7. The number of sulfonamides is 1. The fourth-order valence-corrected chi connectivity index (χ4v) is 8.29. The third kappa shape index (κ3) is 8.19. The Labute approximate surface area is 356 Å². The fourth-order valence-electron chi connectivity index (χ4n) is 7.72. The highest BCUT2D eigenvalue weighted by Gasteiger charge is 2.46. The van der Waals surface area contributed by atoms with Gasteiger partial charge in [-0.25, -0.2) is 17.8 Å². The Bertz CT molecular complexity index is 2930. The first-order valence-electron chi connectivity index (χ1n) is 19.4. The van der Waals surface area contributed by atoms with E-state index in [1.807, 2.05) is 4.72 Å². The minimum atomic E-state index is -5.10. The predicted molar refractivity (Wildman–Crippen MR) is 221 cm³/mol. The Hall–Kier alpha value is -7.47. The molecule has 1 saturated heterocycles. The molecular weight excluding hydrogens is 848 g/mol. The summed E-state index contributed by atoms with van der Waals surface area (Å²) in [7, 11) is -3.50. The van der Waals surface area contributed by atoms with Crippen LogP contribution < -0.4 is 31.1 Å². The van der Waals surface area contributed by atoms with E-state index in [1.165, 1.54) is 59.4 Å². The summed E-state index contributed by atoms with van der Waals surface area (Å²) < 4.78 is 74.1. The number of nitrogens with one attached hydrogen (secondary N) is 4. The topological polar surface area (TPSA) is 237 Å². The van der Waals surface area contributed by atoms with E-state index in [1.54, 1.807) is 26.1 Å². The minimum absolute atomic E-state index is 0.00111. The number of hydrogen-bond acceptors (Lipinski definition) is 12. The minimum Gasteiger partial charge on any atom is -0.484 e. The molecule has 21 heteroatoms. The number of fused-ring (bicyclic) bond motifs is 2. The molecule has 6 N–H and O–H groups in total. The fraction of sp³-hybridized carbons (Fsp3) is 0.262. The number of rotatable bonds is 11. The zero-order chi connectivity index (χ0) is 44.9. The molecule has 8 rings (SSSR count). The van der Waals surface area contributed by atoms with E-state index in [0.29, 0.717) is 40.6 Å².